The van der Waals surface area contributed by atoms with Crippen LogP contribution < -0.4 is 10.6 Å². The molecule has 2 N–H and O–H groups in total. The van der Waals surface area contributed by atoms with E-state index in [0.717, 1.165) is 17.8 Å². The van der Waals surface area contributed by atoms with Gasteiger partial charge in [-0.05, 0) is 37.8 Å². The second-order valence-corrected chi connectivity index (χ2v) is 5.51. The van der Waals surface area contributed by atoms with Gasteiger partial charge in [-0.1, -0.05) is 6.07 Å². The van der Waals surface area contributed by atoms with E-state index in [1.54, 1.807) is 6.20 Å². The topological polar surface area (TPSA) is 42.1 Å². The highest BCUT2D eigenvalue weighted by molar-refractivity contribution is 5.39. The minimum absolute atomic E-state index is 0.0742. The first-order valence-corrected chi connectivity index (χ1v) is 6.88. The fraction of sp³-hybridized carbons (Fsp3) is 0.643. The van der Waals surface area contributed by atoms with Crippen molar-refractivity contribution >= 4 is 5.82 Å². The fourth-order valence-corrected chi connectivity index (χ4v) is 2.53. The van der Waals surface area contributed by atoms with Gasteiger partial charge in [-0.3, -0.25) is 0 Å². The Morgan fingerprint density at radius 3 is 2.45 bits per heavy atom. The molecular weight excluding hydrogens is 267 g/mol. The van der Waals surface area contributed by atoms with Gasteiger partial charge in [-0.15, -0.1) is 0 Å². The number of hydrogen-bond donors (Lipinski definition) is 1. The maximum atomic E-state index is 12.6. The van der Waals surface area contributed by atoms with Gasteiger partial charge >= 0.3 is 6.18 Å². The van der Waals surface area contributed by atoms with Gasteiger partial charge in [-0.25, -0.2) is 4.98 Å². The molecule has 3 nitrogen and oxygen atoms in total. The highest BCUT2D eigenvalue weighted by Crippen LogP contribution is 2.34. The number of piperidine rings is 1. The van der Waals surface area contributed by atoms with E-state index in [2.05, 4.69) is 4.98 Å². The average molecular weight is 287 g/mol. The van der Waals surface area contributed by atoms with Crippen LogP contribution in [0.15, 0.2) is 18.3 Å². The number of hydrogen-bond acceptors (Lipinski definition) is 3. The lowest BCUT2D eigenvalue weighted by molar-refractivity contribution is -0.179. The summed E-state index contributed by atoms with van der Waals surface area (Å²) in [4.78, 5) is 6.25. The number of aromatic nitrogens is 1. The standard InChI is InChI=1S/C14H20F3N3/c1-10(18)8-11-2-3-13(19-9-11)20-6-4-12(5-7-20)14(15,16)17/h2-3,9-10,12H,4-8,18H2,1H3. The second kappa shape index (κ2) is 5.99. The Morgan fingerprint density at radius 2 is 2.00 bits per heavy atom. The minimum Gasteiger partial charge on any atom is -0.357 e. The Morgan fingerprint density at radius 1 is 1.35 bits per heavy atom. The molecule has 1 unspecified atom stereocenters. The normalized spacial score (nSPS) is 19.1. The van der Waals surface area contributed by atoms with Gasteiger partial charge < -0.3 is 10.6 Å². The number of rotatable bonds is 3. The van der Waals surface area contributed by atoms with Crippen LogP contribution in [0.2, 0.25) is 0 Å². The summed E-state index contributed by atoms with van der Waals surface area (Å²) in [6.07, 6.45) is -1.27. The van der Waals surface area contributed by atoms with Crippen molar-refractivity contribution in [3.05, 3.63) is 23.9 Å². The molecule has 0 aliphatic carbocycles. The van der Waals surface area contributed by atoms with Crippen LogP contribution in [0.25, 0.3) is 0 Å². The monoisotopic (exact) mass is 287 g/mol. The number of nitrogens with two attached hydrogens (primary N) is 1. The zero-order valence-corrected chi connectivity index (χ0v) is 11.5. The van der Waals surface area contributed by atoms with Crippen LogP contribution in [0.1, 0.15) is 25.3 Å². The molecule has 112 valence electrons. The van der Waals surface area contributed by atoms with Crippen molar-refractivity contribution in [2.24, 2.45) is 11.7 Å². The summed E-state index contributed by atoms with van der Waals surface area (Å²) in [5.41, 5.74) is 6.77. The van der Waals surface area contributed by atoms with E-state index in [9.17, 15) is 13.2 Å². The lowest BCUT2D eigenvalue weighted by atomic mass is 9.96. The van der Waals surface area contributed by atoms with Gasteiger partial charge in [0.25, 0.3) is 0 Å². The molecular formula is C14H20F3N3. The van der Waals surface area contributed by atoms with Crippen molar-refractivity contribution in [2.75, 3.05) is 18.0 Å². The predicted octanol–water partition coefficient (Wildman–Crippen LogP) is 2.75. The third kappa shape index (κ3) is 3.85. The molecule has 0 radical (unpaired) electrons. The van der Waals surface area contributed by atoms with E-state index in [-0.39, 0.29) is 18.9 Å². The van der Waals surface area contributed by atoms with Crippen LogP contribution in [0.4, 0.5) is 19.0 Å². The number of anilines is 1. The Kier molecular flexibility index (Phi) is 4.52. The van der Waals surface area contributed by atoms with Gasteiger partial charge in [0, 0.05) is 25.3 Å². The molecule has 6 heteroatoms. The molecule has 1 aliphatic rings. The Balaban J connectivity index is 1.94. The number of alkyl halides is 3. The van der Waals surface area contributed by atoms with E-state index < -0.39 is 12.1 Å². The highest BCUT2D eigenvalue weighted by Gasteiger charge is 2.41. The Labute approximate surface area is 117 Å². The maximum Gasteiger partial charge on any atom is 0.391 e. The van der Waals surface area contributed by atoms with Crippen molar-refractivity contribution in [2.45, 2.75) is 38.4 Å². The molecule has 20 heavy (non-hydrogen) atoms. The molecule has 1 aromatic heterocycles. The average Bonchev–Trinajstić information content (AvgIpc) is 2.38. The third-order valence-corrected chi connectivity index (χ3v) is 3.65. The lowest BCUT2D eigenvalue weighted by Crippen LogP contribution is -2.39. The van der Waals surface area contributed by atoms with Crippen molar-refractivity contribution in [3.63, 3.8) is 0 Å². The summed E-state index contributed by atoms with van der Waals surface area (Å²) >= 11 is 0. The third-order valence-electron chi connectivity index (χ3n) is 3.65. The van der Waals surface area contributed by atoms with Crippen LogP contribution in [0, 0.1) is 5.92 Å². The minimum atomic E-state index is -4.07. The smallest absolute Gasteiger partial charge is 0.357 e. The summed E-state index contributed by atoms with van der Waals surface area (Å²) in [5, 5.41) is 0. The molecule has 2 rings (SSSR count). The van der Waals surface area contributed by atoms with Crippen LogP contribution >= 0.6 is 0 Å². The second-order valence-electron chi connectivity index (χ2n) is 5.51. The zero-order valence-electron chi connectivity index (χ0n) is 11.5. The van der Waals surface area contributed by atoms with Crippen LogP contribution in [0.5, 0.6) is 0 Å². The van der Waals surface area contributed by atoms with E-state index in [1.807, 2.05) is 24.0 Å². The lowest BCUT2D eigenvalue weighted by Gasteiger charge is -2.33. The van der Waals surface area contributed by atoms with Crippen LogP contribution in [-0.2, 0) is 6.42 Å². The van der Waals surface area contributed by atoms with Crippen molar-refractivity contribution < 1.29 is 13.2 Å². The summed E-state index contributed by atoms with van der Waals surface area (Å²) in [5.74, 6) is -0.421. The molecule has 1 fully saturated rings. The molecule has 0 amide bonds. The molecule has 0 aromatic carbocycles. The summed E-state index contributed by atoms with van der Waals surface area (Å²) in [7, 11) is 0. The molecule has 1 aromatic rings. The summed E-state index contributed by atoms with van der Waals surface area (Å²) < 4.78 is 37.8. The fourth-order valence-electron chi connectivity index (χ4n) is 2.53. The Bertz CT molecular complexity index is 420. The van der Waals surface area contributed by atoms with Gasteiger partial charge in [0.2, 0.25) is 0 Å². The zero-order chi connectivity index (χ0) is 14.8. The molecule has 0 spiro atoms. The predicted molar refractivity (Wildman–Crippen MR) is 72.6 cm³/mol. The largest absolute Gasteiger partial charge is 0.391 e. The molecule has 2 heterocycles. The number of pyridine rings is 1. The Hall–Kier alpha value is -1.30. The van der Waals surface area contributed by atoms with Crippen molar-refractivity contribution in [3.8, 4) is 0 Å². The first-order valence-electron chi connectivity index (χ1n) is 6.88. The molecule has 0 saturated carbocycles. The van der Waals surface area contributed by atoms with Crippen LogP contribution in [-0.4, -0.2) is 30.3 Å². The van der Waals surface area contributed by atoms with Crippen molar-refractivity contribution in [1.29, 1.82) is 0 Å². The van der Waals surface area contributed by atoms with E-state index in [0.29, 0.717) is 13.1 Å². The van der Waals surface area contributed by atoms with Gasteiger partial charge in [0.05, 0.1) is 5.92 Å². The molecule has 1 saturated heterocycles. The highest BCUT2D eigenvalue weighted by atomic mass is 19.4. The first-order chi connectivity index (χ1) is 9.36. The molecule has 0 bridgehead atoms. The van der Waals surface area contributed by atoms with E-state index >= 15 is 0 Å². The first kappa shape index (κ1) is 15.1. The van der Waals surface area contributed by atoms with E-state index in [4.69, 9.17) is 5.73 Å². The van der Waals surface area contributed by atoms with Crippen molar-refractivity contribution in [1.82, 2.24) is 4.98 Å². The summed E-state index contributed by atoms with van der Waals surface area (Å²) in [6.45, 7) is 2.74. The quantitative estimate of drug-likeness (QED) is 0.929. The van der Waals surface area contributed by atoms with Gasteiger partial charge in [0.15, 0.2) is 0 Å². The SMILES string of the molecule is CC(N)Cc1ccc(N2CCC(C(F)(F)F)CC2)nc1. The molecule has 1 aliphatic heterocycles. The van der Waals surface area contributed by atoms with Gasteiger partial charge in [-0.2, -0.15) is 13.2 Å². The van der Waals surface area contributed by atoms with Gasteiger partial charge in [0.1, 0.15) is 5.82 Å². The summed E-state index contributed by atoms with van der Waals surface area (Å²) in [6, 6.07) is 3.89. The van der Waals surface area contributed by atoms with E-state index in [1.165, 1.54) is 0 Å². The molecule has 1 atom stereocenters. The number of nitrogens with zero attached hydrogens (tertiary/aromatic N) is 2. The maximum absolute atomic E-state index is 12.6. The number of halogens is 3. The van der Waals surface area contributed by atoms with Crippen LogP contribution in [0.3, 0.4) is 0 Å².